The predicted molar refractivity (Wildman–Crippen MR) is 119 cm³/mol. The largest absolute Gasteiger partial charge is 0.357 e. The highest BCUT2D eigenvalue weighted by molar-refractivity contribution is 5.86. The molecule has 160 valence electrons. The lowest BCUT2D eigenvalue weighted by molar-refractivity contribution is -0.128. The van der Waals surface area contributed by atoms with Crippen LogP contribution in [-0.2, 0) is 17.9 Å². The van der Waals surface area contributed by atoms with Crippen LogP contribution in [0, 0.1) is 5.92 Å². The van der Waals surface area contributed by atoms with E-state index in [-0.39, 0.29) is 5.91 Å². The van der Waals surface area contributed by atoms with Gasteiger partial charge in [-0.15, -0.1) is 0 Å². The normalized spacial score (nSPS) is 18.8. The Balaban J connectivity index is 1.52. The van der Waals surface area contributed by atoms with E-state index in [4.69, 9.17) is 4.99 Å². The second-order valence-corrected chi connectivity index (χ2v) is 8.42. The number of carbonyl (C=O) groups excluding carboxylic acids is 1. The van der Waals surface area contributed by atoms with Crippen molar-refractivity contribution in [3.8, 4) is 0 Å². The van der Waals surface area contributed by atoms with Crippen molar-refractivity contribution in [1.29, 1.82) is 0 Å². The number of rotatable bonds is 7. The highest BCUT2D eigenvalue weighted by Gasteiger charge is 2.18. The molecule has 1 aromatic rings. The summed E-state index contributed by atoms with van der Waals surface area (Å²) in [5.74, 6) is 1.72. The molecule has 0 radical (unpaired) electrons. The molecule has 1 amide bonds. The number of carbonyl (C=O) groups is 1. The third-order valence-electron chi connectivity index (χ3n) is 5.90. The van der Waals surface area contributed by atoms with Crippen molar-refractivity contribution in [3.05, 3.63) is 35.4 Å². The Morgan fingerprint density at radius 2 is 1.83 bits per heavy atom. The van der Waals surface area contributed by atoms with Crippen molar-refractivity contribution in [2.24, 2.45) is 10.9 Å². The number of amides is 1. The molecule has 6 nitrogen and oxygen atoms in total. The van der Waals surface area contributed by atoms with Gasteiger partial charge in [0, 0.05) is 26.2 Å². The lowest BCUT2D eigenvalue weighted by atomic mass is 9.98. The molecule has 0 bridgehead atoms. The number of piperidine rings is 1. The van der Waals surface area contributed by atoms with Gasteiger partial charge in [0.2, 0.25) is 5.91 Å². The standard InChI is InChI=1S/C23H37N5O/c1-3-24-23(26-17-22(29)28-11-4-5-12-28)25-16-20-7-6-8-21(15-20)18-27-13-9-19(2)10-14-27/h6-8,15,19H,3-5,9-14,16-18H2,1-2H3,(H2,24,25,26). The number of hydrogen-bond acceptors (Lipinski definition) is 3. The summed E-state index contributed by atoms with van der Waals surface area (Å²) < 4.78 is 0. The Labute approximate surface area is 175 Å². The number of nitrogens with zero attached hydrogens (tertiary/aromatic N) is 3. The molecular formula is C23H37N5O. The first-order chi connectivity index (χ1) is 14.1. The fourth-order valence-electron chi connectivity index (χ4n) is 4.05. The molecule has 0 aromatic heterocycles. The molecular weight excluding hydrogens is 362 g/mol. The van der Waals surface area contributed by atoms with Gasteiger partial charge in [0.15, 0.2) is 5.96 Å². The van der Waals surface area contributed by atoms with E-state index >= 15 is 0 Å². The average molecular weight is 400 g/mol. The molecule has 2 aliphatic rings. The second-order valence-electron chi connectivity index (χ2n) is 8.42. The molecule has 1 aromatic carbocycles. The smallest absolute Gasteiger partial charge is 0.241 e. The summed E-state index contributed by atoms with van der Waals surface area (Å²) in [6, 6.07) is 8.73. The topological polar surface area (TPSA) is 60.0 Å². The van der Waals surface area contributed by atoms with Gasteiger partial charge in [-0.2, -0.15) is 0 Å². The van der Waals surface area contributed by atoms with E-state index in [0.717, 1.165) is 44.9 Å². The molecule has 0 aliphatic carbocycles. The molecule has 0 saturated carbocycles. The number of aliphatic imine (C=N–C) groups is 1. The maximum absolute atomic E-state index is 12.3. The zero-order valence-corrected chi connectivity index (χ0v) is 18.1. The van der Waals surface area contributed by atoms with Gasteiger partial charge in [0.05, 0.1) is 13.1 Å². The zero-order valence-electron chi connectivity index (χ0n) is 18.1. The van der Waals surface area contributed by atoms with Gasteiger partial charge in [0.25, 0.3) is 0 Å². The van der Waals surface area contributed by atoms with Crippen LogP contribution < -0.4 is 10.6 Å². The van der Waals surface area contributed by atoms with E-state index in [1.807, 2.05) is 11.8 Å². The molecule has 0 unspecified atom stereocenters. The highest BCUT2D eigenvalue weighted by atomic mass is 16.2. The van der Waals surface area contributed by atoms with Crippen molar-refractivity contribution in [1.82, 2.24) is 20.4 Å². The van der Waals surface area contributed by atoms with Gasteiger partial charge in [-0.3, -0.25) is 9.69 Å². The Bertz CT molecular complexity index is 676. The first kappa shape index (κ1) is 21.6. The number of benzene rings is 1. The summed E-state index contributed by atoms with van der Waals surface area (Å²) >= 11 is 0. The molecule has 0 atom stereocenters. The summed E-state index contributed by atoms with van der Waals surface area (Å²) in [6.45, 7) is 11.3. The van der Waals surface area contributed by atoms with Crippen molar-refractivity contribution in [2.45, 2.75) is 52.6 Å². The monoisotopic (exact) mass is 399 g/mol. The molecule has 3 rings (SSSR count). The Kier molecular flexibility index (Phi) is 8.35. The summed E-state index contributed by atoms with van der Waals surface area (Å²) in [7, 11) is 0. The minimum atomic E-state index is 0.158. The number of guanidine groups is 1. The molecule has 2 N–H and O–H groups in total. The minimum absolute atomic E-state index is 0.158. The van der Waals surface area contributed by atoms with Crippen LogP contribution in [0.2, 0.25) is 0 Å². The third kappa shape index (κ3) is 7.03. The van der Waals surface area contributed by atoms with Crippen LogP contribution in [0.25, 0.3) is 0 Å². The van der Waals surface area contributed by atoms with Gasteiger partial charge in [-0.05, 0) is 62.7 Å². The molecule has 6 heteroatoms. The van der Waals surface area contributed by atoms with Crippen molar-refractivity contribution in [3.63, 3.8) is 0 Å². The van der Waals surface area contributed by atoms with Crippen LogP contribution in [0.5, 0.6) is 0 Å². The van der Waals surface area contributed by atoms with Crippen molar-refractivity contribution >= 4 is 11.9 Å². The fraction of sp³-hybridized carbons (Fsp3) is 0.652. The maximum atomic E-state index is 12.3. The van der Waals surface area contributed by atoms with Crippen LogP contribution in [0.15, 0.2) is 29.3 Å². The average Bonchev–Trinajstić information content (AvgIpc) is 3.27. The number of hydrogen-bond donors (Lipinski definition) is 2. The predicted octanol–water partition coefficient (Wildman–Crippen LogP) is 2.60. The van der Waals surface area contributed by atoms with E-state index in [9.17, 15) is 4.79 Å². The lowest BCUT2D eigenvalue weighted by Crippen LogP contribution is -2.44. The van der Waals surface area contributed by atoms with Crippen LogP contribution in [0.4, 0.5) is 0 Å². The minimum Gasteiger partial charge on any atom is -0.357 e. The Hall–Kier alpha value is -2.08. The quantitative estimate of drug-likeness (QED) is 0.547. The number of likely N-dealkylation sites (tertiary alicyclic amines) is 2. The van der Waals surface area contributed by atoms with Crippen LogP contribution in [0.3, 0.4) is 0 Å². The van der Waals surface area contributed by atoms with Gasteiger partial charge in [-0.25, -0.2) is 4.99 Å². The summed E-state index contributed by atoms with van der Waals surface area (Å²) in [6.07, 6.45) is 4.84. The SMILES string of the molecule is CCNC(=NCc1cccc(CN2CCC(C)CC2)c1)NCC(=O)N1CCCC1. The Morgan fingerprint density at radius 1 is 1.10 bits per heavy atom. The fourth-order valence-corrected chi connectivity index (χ4v) is 4.05. The molecule has 2 heterocycles. The molecule has 29 heavy (non-hydrogen) atoms. The van der Waals surface area contributed by atoms with E-state index in [2.05, 4.69) is 46.7 Å². The van der Waals surface area contributed by atoms with Crippen LogP contribution in [0.1, 0.15) is 50.7 Å². The Morgan fingerprint density at radius 3 is 2.55 bits per heavy atom. The van der Waals surface area contributed by atoms with E-state index in [1.165, 1.54) is 37.1 Å². The van der Waals surface area contributed by atoms with Gasteiger partial charge in [0.1, 0.15) is 0 Å². The summed E-state index contributed by atoms with van der Waals surface area (Å²) in [5, 5.41) is 6.43. The summed E-state index contributed by atoms with van der Waals surface area (Å²) in [5.41, 5.74) is 2.56. The molecule has 2 aliphatic heterocycles. The van der Waals surface area contributed by atoms with Gasteiger partial charge in [-0.1, -0.05) is 31.2 Å². The van der Waals surface area contributed by atoms with Crippen LogP contribution in [-0.4, -0.2) is 60.9 Å². The molecule has 2 fully saturated rings. The van der Waals surface area contributed by atoms with E-state index in [1.54, 1.807) is 0 Å². The number of nitrogens with one attached hydrogen (secondary N) is 2. The maximum Gasteiger partial charge on any atom is 0.241 e. The second kappa shape index (κ2) is 11.2. The van der Waals surface area contributed by atoms with E-state index in [0.29, 0.717) is 19.0 Å². The van der Waals surface area contributed by atoms with Gasteiger partial charge >= 0.3 is 0 Å². The highest BCUT2D eigenvalue weighted by Crippen LogP contribution is 2.18. The molecule has 0 spiro atoms. The lowest BCUT2D eigenvalue weighted by Gasteiger charge is -2.30. The van der Waals surface area contributed by atoms with Crippen LogP contribution >= 0.6 is 0 Å². The summed E-state index contributed by atoms with van der Waals surface area (Å²) in [4.78, 5) is 21.4. The first-order valence-corrected chi connectivity index (χ1v) is 11.2. The van der Waals surface area contributed by atoms with Crippen molar-refractivity contribution < 1.29 is 4.79 Å². The third-order valence-corrected chi connectivity index (χ3v) is 5.90. The first-order valence-electron chi connectivity index (χ1n) is 11.2. The molecule has 2 saturated heterocycles. The van der Waals surface area contributed by atoms with Gasteiger partial charge < -0.3 is 15.5 Å². The van der Waals surface area contributed by atoms with E-state index < -0.39 is 0 Å². The zero-order chi connectivity index (χ0) is 20.5. The van der Waals surface area contributed by atoms with Crippen molar-refractivity contribution in [2.75, 3.05) is 39.3 Å².